The summed E-state index contributed by atoms with van der Waals surface area (Å²) in [5, 5.41) is 0. The highest BCUT2D eigenvalue weighted by atomic mass is 28.3. The zero-order chi connectivity index (χ0) is 28.6. The van der Waals surface area contributed by atoms with Gasteiger partial charge in [0.05, 0.1) is 8.07 Å². The minimum absolute atomic E-state index is 0.266. The van der Waals surface area contributed by atoms with E-state index in [-0.39, 0.29) is 5.41 Å². The maximum atomic E-state index is 4.14. The molecule has 0 amide bonds. The lowest BCUT2D eigenvalue weighted by Gasteiger charge is -2.64. The van der Waals surface area contributed by atoms with Crippen LogP contribution in [0.2, 0.25) is 24.2 Å². The van der Waals surface area contributed by atoms with Crippen LogP contribution in [0.1, 0.15) is 72.1 Å². The highest BCUT2D eigenvalue weighted by Crippen LogP contribution is 2.83. The van der Waals surface area contributed by atoms with Crippen LogP contribution in [0.25, 0.3) is 0 Å². The zero-order valence-corrected chi connectivity index (χ0v) is 27.6. The summed E-state index contributed by atoms with van der Waals surface area (Å²) in [7, 11) is -1.85. The highest BCUT2D eigenvalue weighted by molar-refractivity contribution is 6.80. The van der Waals surface area contributed by atoms with Crippen LogP contribution in [0.4, 0.5) is 0 Å². The molecule has 1 heteroatoms. The van der Waals surface area contributed by atoms with E-state index >= 15 is 0 Å². The van der Waals surface area contributed by atoms with Crippen molar-refractivity contribution in [2.75, 3.05) is 0 Å². The molecule has 4 fully saturated rings. The molecule has 13 atom stereocenters. The second-order valence-corrected chi connectivity index (χ2v) is 21.4. The normalized spacial score (nSPS) is 49.0. The molecule has 4 saturated carbocycles. The van der Waals surface area contributed by atoms with Crippen LogP contribution in [0.5, 0.6) is 0 Å². The minimum atomic E-state index is -1.85. The number of hydrogen-bond acceptors (Lipinski definition) is 0. The van der Waals surface area contributed by atoms with Crippen molar-refractivity contribution in [1.29, 1.82) is 0 Å². The third-order valence-corrected chi connectivity index (χ3v) is 19.8. The quantitative estimate of drug-likeness (QED) is 0.193. The average Bonchev–Trinajstić information content (AvgIpc) is 3.37. The number of rotatable bonds is 9. The van der Waals surface area contributed by atoms with Gasteiger partial charge in [0.15, 0.2) is 0 Å². The number of allylic oxidation sites excluding steroid dienone is 13. The molecular formula is C40H56Si. The molecule has 0 N–H and O–H groups in total. The van der Waals surface area contributed by atoms with Crippen molar-refractivity contribution < 1.29 is 0 Å². The van der Waals surface area contributed by atoms with E-state index in [1.165, 1.54) is 51.4 Å². The predicted octanol–water partition coefficient (Wildman–Crippen LogP) is 11.1. The summed E-state index contributed by atoms with van der Waals surface area (Å²) in [6, 6.07) is 0. The molecule has 0 aromatic carbocycles. The number of hydrogen-bond donors (Lipinski definition) is 0. The smallest absolute Gasteiger partial charge is 0.0560 e. The van der Waals surface area contributed by atoms with Gasteiger partial charge in [0.25, 0.3) is 0 Å². The fourth-order valence-corrected chi connectivity index (χ4v) is 19.7. The second-order valence-electron chi connectivity index (χ2n) is 16.4. The van der Waals surface area contributed by atoms with Gasteiger partial charge in [-0.3, -0.25) is 0 Å². The van der Waals surface area contributed by atoms with Gasteiger partial charge in [-0.1, -0.05) is 126 Å². The Bertz CT molecular complexity index is 1220. The van der Waals surface area contributed by atoms with E-state index in [9.17, 15) is 0 Å². The highest BCUT2D eigenvalue weighted by Gasteiger charge is 2.76. The van der Waals surface area contributed by atoms with Gasteiger partial charge in [0.2, 0.25) is 0 Å². The van der Waals surface area contributed by atoms with Gasteiger partial charge in [-0.15, -0.1) is 6.58 Å². The van der Waals surface area contributed by atoms with Crippen molar-refractivity contribution in [3.05, 3.63) is 85.6 Å². The summed E-state index contributed by atoms with van der Waals surface area (Å²) in [5.74, 6) is 5.93. The molecule has 41 heavy (non-hydrogen) atoms. The Morgan fingerprint density at radius 2 is 1.59 bits per heavy atom. The van der Waals surface area contributed by atoms with Crippen LogP contribution in [0.15, 0.2) is 85.6 Å². The first-order chi connectivity index (χ1) is 19.8. The van der Waals surface area contributed by atoms with E-state index in [2.05, 4.69) is 119 Å². The average molecular weight is 565 g/mol. The van der Waals surface area contributed by atoms with Gasteiger partial charge < -0.3 is 0 Å². The Kier molecular flexibility index (Phi) is 6.85. The Morgan fingerprint density at radius 1 is 0.902 bits per heavy atom. The molecule has 7 aliphatic rings. The van der Waals surface area contributed by atoms with Gasteiger partial charge >= 0.3 is 0 Å². The molecule has 220 valence electrons. The Morgan fingerprint density at radius 3 is 2.24 bits per heavy atom. The minimum Gasteiger partial charge on any atom is -0.103 e. The van der Waals surface area contributed by atoms with Crippen LogP contribution in [0.3, 0.4) is 0 Å². The van der Waals surface area contributed by atoms with E-state index in [0.29, 0.717) is 46.3 Å². The van der Waals surface area contributed by atoms with E-state index in [0.717, 1.165) is 22.9 Å². The first-order valence-electron chi connectivity index (χ1n) is 17.4. The molecule has 0 spiro atoms. The maximum Gasteiger partial charge on any atom is 0.0560 e. The second kappa shape index (κ2) is 9.97. The van der Waals surface area contributed by atoms with Crippen molar-refractivity contribution >= 4 is 8.07 Å². The first-order valence-corrected chi connectivity index (χ1v) is 20.6. The van der Waals surface area contributed by atoms with E-state index in [1.54, 1.807) is 0 Å². The van der Waals surface area contributed by atoms with Gasteiger partial charge in [0.1, 0.15) is 0 Å². The molecular weight excluding hydrogens is 509 g/mol. The Hall–Kier alpha value is -1.60. The largest absolute Gasteiger partial charge is 0.103 e. The van der Waals surface area contributed by atoms with Crippen LogP contribution in [-0.4, -0.2) is 8.07 Å². The molecule has 0 aromatic rings. The van der Waals surface area contributed by atoms with E-state index in [1.807, 2.05) is 0 Å². The summed E-state index contributed by atoms with van der Waals surface area (Å²) in [6.45, 7) is 17.8. The molecule has 12 unspecified atom stereocenters. The summed E-state index contributed by atoms with van der Waals surface area (Å²) in [6.07, 6.45) is 43.9. The molecule has 0 heterocycles. The van der Waals surface area contributed by atoms with Gasteiger partial charge in [-0.2, -0.15) is 0 Å². The molecule has 0 radical (unpaired) electrons. The van der Waals surface area contributed by atoms with Gasteiger partial charge in [-0.05, 0) is 108 Å². The molecule has 0 nitrogen and oxygen atoms in total. The van der Waals surface area contributed by atoms with Crippen molar-refractivity contribution in [3.8, 4) is 0 Å². The third kappa shape index (κ3) is 3.75. The molecule has 7 aliphatic carbocycles. The summed E-state index contributed by atoms with van der Waals surface area (Å²) in [5.41, 5.74) is 3.00. The Balaban J connectivity index is 1.36. The van der Waals surface area contributed by atoms with E-state index in [4.69, 9.17) is 0 Å². The van der Waals surface area contributed by atoms with Crippen LogP contribution in [0, 0.1) is 63.6 Å². The van der Waals surface area contributed by atoms with Crippen LogP contribution >= 0.6 is 0 Å². The van der Waals surface area contributed by atoms with Crippen molar-refractivity contribution in [3.63, 3.8) is 0 Å². The molecule has 0 saturated heterocycles. The fraction of sp³-hybridized carbons (Fsp3) is 0.650. The standard InChI is InChI=1S/C40H56Si/c1-7-9-17-29-26-38(4,39-25-23-30(39)27-39)37(32-19-11-10-18-31(29)32)41(5,6)36-33-20-12-13-21-34(33)40(28(3)16-8-2)24-15-14-22-35(36)40/h7,10-15,18-22,24,28-37H,1,8-9,16-17,23,25-27H2,2-6H3/t28-,29?,30?,31?,32?,33?,34?,35?,36?,37?,38?,39?,40?/m1/s1. The monoisotopic (exact) mass is 564 g/mol. The molecule has 0 aromatic heterocycles. The van der Waals surface area contributed by atoms with Gasteiger partial charge in [-0.25, -0.2) is 0 Å². The van der Waals surface area contributed by atoms with E-state index < -0.39 is 8.07 Å². The van der Waals surface area contributed by atoms with Crippen LogP contribution < -0.4 is 0 Å². The summed E-state index contributed by atoms with van der Waals surface area (Å²) >= 11 is 0. The van der Waals surface area contributed by atoms with Crippen molar-refractivity contribution in [2.24, 2.45) is 63.6 Å². The SMILES string of the molecule is C=CCCC1CC(C)(C23CCC2C3)C([Si](C)(C)C2C3C=CC=CC3C3([C@H](C)CCC)C=CC=CC23)C2C=CC=CC12. The maximum absolute atomic E-state index is 4.14. The third-order valence-electron chi connectivity index (χ3n) is 14.8. The molecule has 0 aliphatic heterocycles. The first kappa shape index (κ1) is 28.2. The number of fused-ring (bicyclic) bond motifs is 5. The van der Waals surface area contributed by atoms with Crippen molar-refractivity contribution in [2.45, 2.75) is 96.3 Å². The van der Waals surface area contributed by atoms with Crippen molar-refractivity contribution in [1.82, 2.24) is 0 Å². The fourth-order valence-electron chi connectivity index (χ4n) is 13.2. The summed E-state index contributed by atoms with van der Waals surface area (Å²) < 4.78 is 0. The molecule has 0 bridgehead atoms. The lowest BCUT2D eigenvalue weighted by atomic mass is 9.51. The lowest BCUT2D eigenvalue weighted by Crippen LogP contribution is -2.59. The molecule has 7 rings (SSSR count). The summed E-state index contributed by atoms with van der Waals surface area (Å²) in [4.78, 5) is 0. The van der Waals surface area contributed by atoms with Crippen LogP contribution in [-0.2, 0) is 0 Å². The predicted molar refractivity (Wildman–Crippen MR) is 179 cm³/mol. The lowest BCUT2D eigenvalue weighted by molar-refractivity contribution is -0.0225. The topological polar surface area (TPSA) is 0 Å². The van der Waals surface area contributed by atoms with Gasteiger partial charge in [0, 0.05) is 5.41 Å². The zero-order valence-electron chi connectivity index (χ0n) is 26.6. The Labute approximate surface area is 252 Å².